The van der Waals surface area contributed by atoms with Crippen LogP contribution in [0.3, 0.4) is 0 Å². The molecule has 3 aliphatic rings. The van der Waals surface area contributed by atoms with Gasteiger partial charge in [-0.3, -0.25) is 98.6 Å². The summed E-state index contributed by atoms with van der Waals surface area (Å²) in [5.74, 6) is -8.57. The van der Waals surface area contributed by atoms with Crippen molar-refractivity contribution in [1.82, 2.24) is 85.7 Å². The number of ether oxygens (including phenoxy) is 6. The highest BCUT2D eigenvalue weighted by Crippen LogP contribution is 2.31. The zero-order valence-corrected chi connectivity index (χ0v) is 79.9. The summed E-state index contributed by atoms with van der Waals surface area (Å²) in [5.41, 5.74) is 6.65. The van der Waals surface area contributed by atoms with Crippen molar-refractivity contribution in [2.75, 3.05) is 209 Å². The average Bonchev–Trinajstić information content (AvgIpc) is 2.12. The van der Waals surface area contributed by atoms with Crippen LogP contribution in [-0.2, 0) is 93.0 Å². The lowest BCUT2D eigenvalue weighted by atomic mass is 10.0. The molecule has 0 saturated carbocycles. The number of aromatic amines is 2. The summed E-state index contributed by atoms with van der Waals surface area (Å²) >= 11 is 0. The van der Waals surface area contributed by atoms with Crippen LogP contribution in [0.4, 0.5) is 11.4 Å². The second kappa shape index (κ2) is 60.6. The maximum atomic E-state index is 14.4. The van der Waals surface area contributed by atoms with Crippen molar-refractivity contribution in [1.29, 1.82) is 0 Å². The van der Waals surface area contributed by atoms with Gasteiger partial charge in [-0.15, -0.1) is 0 Å². The zero-order chi connectivity index (χ0) is 102. The highest BCUT2D eigenvalue weighted by molar-refractivity contribution is 5.96. The largest absolute Gasteiger partial charge is 0.481 e. The predicted molar refractivity (Wildman–Crippen MR) is 510 cm³/mol. The minimum atomic E-state index is -1.84. The maximum absolute atomic E-state index is 14.4. The summed E-state index contributed by atoms with van der Waals surface area (Å²) in [6.07, 6.45) is -9.76. The molecule has 782 valence electrons. The molecule has 1 unspecified atom stereocenters. The first kappa shape index (κ1) is 114. The number of aliphatic hydroxyl groups is 6. The smallest absolute Gasteiger partial charge is 0.317 e. The predicted octanol–water partition coefficient (Wildman–Crippen LogP) is -1.04. The molecule has 0 spiro atoms. The van der Waals surface area contributed by atoms with E-state index in [1.54, 1.807) is 89.7 Å². The van der Waals surface area contributed by atoms with E-state index in [1.807, 2.05) is 48.5 Å². The second-order valence-corrected chi connectivity index (χ2v) is 35.2. The van der Waals surface area contributed by atoms with Crippen LogP contribution in [0.2, 0.25) is 0 Å². The number of aliphatic hydroxyl groups excluding tert-OH is 6. The van der Waals surface area contributed by atoms with Gasteiger partial charge >= 0.3 is 41.8 Å². The number of carboxylic acid groups (broad SMARTS) is 7. The Kier molecular flexibility index (Phi) is 48.9. The molecule has 5 heterocycles. The van der Waals surface area contributed by atoms with Crippen molar-refractivity contribution in [2.24, 2.45) is 0 Å². The summed E-state index contributed by atoms with van der Waals surface area (Å²) in [5, 5.41) is 159. The average molecular weight is 1990 g/mol. The highest BCUT2D eigenvalue weighted by atomic mass is 16.6. The molecule has 48 heteroatoms. The Balaban J connectivity index is 0.724. The van der Waals surface area contributed by atoms with E-state index in [2.05, 4.69) is 57.2 Å². The molecule has 9 rings (SSSR count). The van der Waals surface area contributed by atoms with Crippen LogP contribution >= 0.6 is 0 Å². The van der Waals surface area contributed by atoms with Gasteiger partial charge in [0.1, 0.15) is 49.0 Å². The van der Waals surface area contributed by atoms with Crippen molar-refractivity contribution >= 4 is 92.9 Å². The lowest BCUT2D eigenvalue weighted by Gasteiger charge is -2.34. The fourth-order valence-corrected chi connectivity index (χ4v) is 16.7. The molecule has 0 radical (unpaired) electrons. The zero-order valence-electron chi connectivity index (χ0n) is 79.9. The van der Waals surface area contributed by atoms with E-state index in [1.165, 1.54) is 0 Å². The molecule has 1 saturated heterocycles. The third-order valence-corrected chi connectivity index (χ3v) is 24.0. The van der Waals surface area contributed by atoms with Crippen LogP contribution in [0.1, 0.15) is 121 Å². The van der Waals surface area contributed by atoms with Crippen molar-refractivity contribution in [3.63, 3.8) is 0 Å². The highest BCUT2D eigenvalue weighted by Gasteiger charge is 2.37. The van der Waals surface area contributed by atoms with Crippen LogP contribution in [-0.4, -0.2) is 451 Å². The Hall–Kier alpha value is -10.8. The fraction of sp³-hybridized carbons (Fsp3) is 0.613. The molecule has 22 N–H and O–H groups in total. The van der Waals surface area contributed by atoms with Gasteiger partial charge < -0.3 is 131 Å². The molecule has 48 nitrogen and oxygen atoms in total. The van der Waals surface area contributed by atoms with Gasteiger partial charge in [-0.25, -0.2) is 9.97 Å². The van der Waals surface area contributed by atoms with E-state index in [-0.39, 0.29) is 215 Å². The summed E-state index contributed by atoms with van der Waals surface area (Å²) in [7, 11) is 3.35. The van der Waals surface area contributed by atoms with E-state index < -0.39 is 154 Å². The fourth-order valence-electron chi connectivity index (χ4n) is 16.7. The number of hydrogen-bond donors (Lipinski definition) is 22. The molecular weight excluding hydrogens is 1850 g/mol. The lowest BCUT2D eigenvalue weighted by molar-refractivity contribution is -0.140. The number of benzene rings is 4. The number of imidazole rings is 2. The summed E-state index contributed by atoms with van der Waals surface area (Å²) in [4.78, 5) is 154. The van der Waals surface area contributed by atoms with Crippen molar-refractivity contribution in [3.8, 4) is 0 Å². The normalized spacial score (nSPS) is 18.3. The summed E-state index contributed by atoms with van der Waals surface area (Å²) < 4.78 is 34.7. The van der Waals surface area contributed by atoms with Gasteiger partial charge in [-0.2, -0.15) is 0 Å². The Labute approximate surface area is 816 Å². The molecule has 2 aromatic heterocycles. The molecule has 0 bridgehead atoms. The van der Waals surface area contributed by atoms with Crippen LogP contribution in [0.15, 0.2) is 84.9 Å². The number of fused-ring (bicyclic) bond motifs is 4. The molecule has 1 fully saturated rings. The van der Waals surface area contributed by atoms with E-state index in [4.69, 9.17) is 28.4 Å². The molecule has 11 atom stereocenters. The van der Waals surface area contributed by atoms with Gasteiger partial charge in [0.05, 0.1) is 145 Å². The van der Waals surface area contributed by atoms with Gasteiger partial charge in [0, 0.05) is 167 Å². The number of carboxylic acids is 7. The monoisotopic (exact) mass is 1990 g/mol. The topological polar surface area (TPSA) is 657 Å². The van der Waals surface area contributed by atoms with Gasteiger partial charge in [0.25, 0.3) is 11.8 Å². The number of amides is 3. The standard InChI is InChI=1S/C93H141N19O29/c1-105(55-76-98-67-11-3-4-12-68(67)99-76)90(132)61-15-17-65-63(49-61)53-111(92(134)74(96-65)51-82(119)120)27-9-39-138-43-47-140-45-41-136-37-7-25-94-78(113)22-19-71(103-89(131)73(21-24-81(117)118)104-88(130)72(20-23-80(115)116)102-79(114)57-107-29-31-108(58-84(123)124)33-35-110(60-86(127)128)36-34-109(32-30-107)59-85(125)126)87(129)95-26-8-38-137-42-46-141-48-44-139-40-10-28-112-54-64-50-62(16-18-66(64)97-75(93(112)135)52-83(121)122)91(133)106(2)56-77-100-69-13-5-6-14-70(69)101-77/h3-6,11-18,49-50,71-75,78-79,87,89,92-97,102-103,113-114,129,131,134-135H,7-10,19-48,51-60H2,1-2H3,(H,98,99)(H,100,101)(H,104,130)(H,115,116)(H,117,118)(H,119,120)(H,121,122)(H,123,124)(H,125,126)(H,127,128)/t71-,72?,73-,74-,75-,78-,79-,87+,89-,92-,93+/m0/s1. The van der Waals surface area contributed by atoms with Gasteiger partial charge in [0.2, 0.25) is 5.91 Å². The first-order valence-corrected chi connectivity index (χ1v) is 47.6. The third kappa shape index (κ3) is 40.9. The molecular formula is C93H141N19O29. The Morgan fingerprint density at radius 1 is 0.433 bits per heavy atom. The SMILES string of the molecule is CN(Cc1nc2ccccc2[nH]1)C(=O)c1ccc2c(c1)CN(CCCOCCOCCOCCCN[C@H](O)[C@H](CC[C@H](O)NCCCOCCOCCOCCCN1Cc3cc(C(=O)N(C)Cc4nc5ccccc5[nH]4)ccc3N[C@@H](CC(=O)O)[C@@H]1O)N[C@@H](O)[C@H](CCC(=O)O)NC(=O)C(CCC(=O)O)N[C@@H](O)CN1CCN(CC(=O)O)CCN(CC(=O)O)CCN(CC(=O)O)CC1)[C@H](O)[C@H](CC(=O)O)N2. The number of hydrogen-bond acceptors (Lipinski definition) is 36. The number of para-hydroxylation sites is 4. The molecule has 141 heavy (non-hydrogen) atoms. The summed E-state index contributed by atoms with van der Waals surface area (Å²) in [6.45, 7) is 3.94. The number of β-amino-alcohol motifs (C(OH)–C–C–N with tert-alkyl or cyclic N) is 1. The Morgan fingerprint density at radius 3 is 1.24 bits per heavy atom. The van der Waals surface area contributed by atoms with Crippen molar-refractivity contribution < 1.29 is 143 Å². The first-order chi connectivity index (χ1) is 67.7. The van der Waals surface area contributed by atoms with E-state index in [0.29, 0.717) is 90.7 Å². The Bertz CT molecular complexity index is 4790. The van der Waals surface area contributed by atoms with Gasteiger partial charge in [-0.1, -0.05) is 24.3 Å². The van der Waals surface area contributed by atoms with E-state index in [0.717, 1.165) is 22.1 Å². The van der Waals surface area contributed by atoms with Crippen LogP contribution in [0.25, 0.3) is 22.1 Å². The molecule has 0 aliphatic carbocycles. The number of nitrogens with zero attached hydrogens (tertiary/aromatic N) is 10. The Morgan fingerprint density at radius 2 is 0.830 bits per heavy atom. The third-order valence-electron chi connectivity index (χ3n) is 24.0. The molecule has 3 aliphatic heterocycles. The number of carbonyl (C=O) groups excluding carboxylic acids is 3. The lowest BCUT2D eigenvalue weighted by Crippen LogP contribution is -2.60. The van der Waals surface area contributed by atoms with Crippen LogP contribution < -0.4 is 37.2 Å². The molecule has 6 aromatic rings. The van der Waals surface area contributed by atoms with Crippen LogP contribution in [0.5, 0.6) is 0 Å². The number of anilines is 2. The quantitative estimate of drug-likeness (QED) is 0.0160. The number of aliphatic carboxylic acids is 7. The number of nitrogens with one attached hydrogen (secondary N) is 9. The summed E-state index contributed by atoms with van der Waals surface area (Å²) in [6, 6.07) is 19.5. The minimum Gasteiger partial charge on any atom is -0.481 e. The van der Waals surface area contributed by atoms with Crippen molar-refractivity contribution in [3.05, 3.63) is 119 Å². The first-order valence-electron chi connectivity index (χ1n) is 47.6. The molecule has 4 aromatic carbocycles. The minimum absolute atomic E-state index is 0.0456. The van der Waals surface area contributed by atoms with Crippen molar-refractivity contribution in [2.45, 2.75) is 171 Å². The maximum Gasteiger partial charge on any atom is 0.317 e. The van der Waals surface area contributed by atoms with Gasteiger partial charge in [0.15, 0.2) is 0 Å². The number of aromatic nitrogens is 4. The van der Waals surface area contributed by atoms with Crippen LogP contribution in [0, 0.1) is 0 Å². The second-order valence-electron chi connectivity index (χ2n) is 35.2. The van der Waals surface area contributed by atoms with E-state index >= 15 is 0 Å². The number of carbonyl (C=O) groups is 10. The number of rotatable bonds is 65. The molecule has 3 amide bonds. The number of H-pyrrole nitrogens is 2. The van der Waals surface area contributed by atoms with Gasteiger partial charge in [-0.05, 0) is 136 Å². The van der Waals surface area contributed by atoms with E-state index in [9.17, 15) is 114 Å².